The molecule has 6 nitrogen and oxygen atoms in total. The molecular weight excluding hydrogens is 264 g/mol. The Morgan fingerprint density at radius 2 is 2.00 bits per heavy atom. The molecule has 2 aliphatic rings. The highest BCUT2D eigenvalue weighted by Gasteiger charge is 2.42. The van der Waals surface area contributed by atoms with Gasteiger partial charge in [-0.2, -0.15) is 4.31 Å². The molecule has 0 bridgehead atoms. The van der Waals surface area contributed by atoms with E-state index < -0.39 is 10.0 Å². The molecule has 0 aromatic carbocycles. The molecule has 2 unspecified atom stereocenters. The van der Waals surface area contributed by atoms with E-state index in [1.54, 1.807) is 10.5 Å². The third kappa shape index (κ3) is 2.09. The summed E-state index contributed by atoms with van der Waals surface area (Å²) in [6.45, 7) is 7.67. The Kier molecular flexibility index (Phi) is 3.15. The van der Waals surface area contributed by atoms with Gasteiger partial charge in [0, 0.05) is 25.8 Å². The topological polar surface area (TPSA) is 67.2 Å². The van der Waals surface area contributed by atoms with Crippen LogP contribution in [0.4, 0.5) is 0 Å². The maximum atomic E-state index is 12.6. The van der Waals surface area contributed by atoms with Crippen LogP contribution in [0.3, 0.4) is 0 Å². The third-order valence-corrected chi connectivity index (χ3v) is 5.96. The quantitative estimate of drug-likeness (QED) is 0.852. The van der Waals surface area contributed by atoms with E-state index in [9.17, 15) is 8.42 Å². The van der Waals surface area contributed by atoms with Gasteiger partial charge >= 0.3 is 0 Å². The summed E-state index contributed by atoms with van der Waals surface area (Å²) in [5.74, 6) is 1.68. The van der Waals surface area contributed by atoms with Gasteiger partial charge < -0.3 is 9.88 Å². The van der Waals surface area contributed by atoms with Crippen molar-refractivity contribution in [3.05, 3.63) is 12.0 Å². The van der Waals surface area contributed by atoms with E-state index in [0.717, 1.165) is 25.5 Å². The molecule has 0 aliphatic carbocycles. The first-order valence-corrected chi connectivity index (χ1v) is 8.21. The summed E-state index contributed by atoms with van der Waals surface area (Å²) >= 11 is 0. The molecule has 1 N–H and O–H groups in total. The molecular formula is C12H20N4O2S. The number of fused-ring (bicyclic) bond motifs is 1. The van der Waals surface area contributed by atoms with Crippen molar-refractivity contribution in [1.82, 2.24) is 19.2 Å². The maximum absolute atomic E-state index is 12.6. The van der Waals surface area contributed by atoms with Crippen molar-refractivity contribution in [3.63, 3.8) is 0 Å². The van der Waals surface area contributed by atoms with Crippen LogP contribution in [-0.2, 0) is 16.6 Å². The van der Waals surface area contributed by atoms with E-state index >= 15 is 0 Å². The molecule has 2 saturated heterocycles. The number of sulfonamides is 1. The van der Waals surface area contributed by atoms with Crippen molar-refractivity contribution >= 4 is 10.0 Å². The lowest BCUT2D eigenvalue weighted by atomic mass is 10.0. The molecule has 1 aromatic heterocycles. The lowest BCUT2D eigenvalue weighted by Crippen LogP contribution is -2.32. The first-order valence-electron chi connectivity index (χ1n) is 6.77. The zero-order chi connectivity index (χ0) is 13.6. The first kappa shape index (κ1) is 13.1. The Hall–Kier alpha value is -0.920. The monoisotopic (exact) mass is 284 g/mol. The lowest BCUT2D eigenvalue weighted by molar-refractivity contribution is 0.446. The van der Waals surface area contributed by atoms with E-state index in [0.29, 0.717) is 24.9 Å². The van der Waals surface area contributed by atoms with Gasteiger partial charge in [-0.1, -0.05) is 0 Å². The fourth-order valence-electron chi connectivity index (χ4n) is 3.06. The fraction of sp³-hybridized carbons (Fsp3) is 0.750. The van der Waals surface area contributed by atoms with Crippen molar-refractivity contribution in [1.29, 1.82) is 0 Å². The van der Waals surface area contributed by atoms with Crippen LogP contribution in [0.5, 0.6) is 0 Å². The minimum absolute atomic E-state index is 0.194. The third-order valence-electron chi connectivity index (χ3n) is 4.25. The van der Waals surface area contributed by atoms with E-state index in [1.165, 1.54) is 0 Å². The Morgan fingerprint density at radius 1 is 1.37 bits per heavy atom. The summed E-state index contributed by atoms with van der Waals surface area (Å²) in [6.07, 6.45) is 1.65. The highest BCUT2D eigenvalue weighted by atomic mass is 32.2. The average molecular weight is 284 g/mol. The van der Waals surface area contributed by atoms with Crippen molar-refractivity contribution in [2.75, 3.05) is 26.2 Å². The molecule has 19 heavy (non-hydrogen) atoms. The first-order chi connectivity index (χ1) is 9.02. The smallest absolute Gasteiger partial charge is 0.262 e. The summed E-state index contributed by atoms with van der Waals surface area (Å²) in [5, 5.41) is 3.51. The van der Waals surface area contributed by atoms with Crippen molar-refractivity contribution < 1.29 is 8.42 Å². The van der Waals surface area contributed by atoms with Crippen molar-refractivity contribution in [2.24, 2.45) is 11.8 Å². The van der Waals surface area contributed by atoms with Gasteiger partial charge in [0.05, 0.1) is 0 Å². The van der Waals surface area contributed by atoms with Crippen LogP contribution in [0.2, 0.25) is 0 Å². The highest BCUT2D eigenvalue weighted by Crippen LogP contribution is 2.30. The standard InChI is InChI=1S/C12H20N4O2S/c1-3-15-8-12(14-9(15)2)19(17,18)16-6-10-4-13-5-11(10)7-16/h8,10-11,13H,3-7H2,1-2H3. The molecule has 106 valence electrons. The lowest BCUT2D eigenvalue weighted by Gasteiger charge is -2.15. The molecule has 0 saturated carbocycles. The van der Waals surface area contributed by atoms with Gasteiger partial charge in [-0.15, -0.1) is 0 Å². The van der Waals surface area contributed by atoms with Crippen LogP contribution in [0.25, 0.3) is 0 Å². The molecule has 3 heterocycles. The largest absolute Gasteiger partial charge is 0.334 e. The molecule has 0 spiro atoms. The molecule has 2 aliphatic heterocycles. The maximum Gasteiger partial charge on any atom is 0.262 e. The van der Waals surface area contributed by atoms with Crippen molar-refractivity contribution in [2.45, 2.75) is 25.4 Å². The SMILES string of the molecule is CCn1cc(S(=O)(=O)N2CC3CNCC3C2)nc1C. The summed E-state index contributed by atoms with van der Waals surface area (Å²) < 4.78 is 28.6. The molecule has 2 fully saturated rings. The van der Waals surface area contributed by atoms with Gasteiger partial charge in [0.2, 0.25) is 0 Å². The molecule has 0 radical (unpaired) electrons. The van der Waals surface area contributed by atoms with Crippen LogP contribution < -0.4 is 5.32 Å². The Bertz CT molecular complexity index is 569. The van der Waals surface area contributed by atoms with Crippen LogP contribution in [0.15, 0.2) is 11.2 Å². The minimum atomic E-state index is -3.42. The van der Waals surface area contributed by atoms with Gasteiger partial charge in [-0.25, -0.2) is 13.4 Å². The van der Waals surface area contributed by atoms with E-state index in [4.69, 9.17) is 0 Å². The van der Waals surface area contributed by atoms with Crippen LogP contribution in [0, 0.1) is 18.8 Å². The molecule has 1 aromatic rings. The predicted octanol–water partition coefficient (Wildman–Crippen LogP) is 0.0513. The minimum Gasteiger partial charge on any atom is -0.334 e. The molecule has 0 amide bonds. The van der Waals surface area contributed by atoms with Crippen LogP contribution in [0.1, 0.15) is 12.7 Å². The van der Waals surface area contributed by atoms with Crippen LogP contribution >= 0.6 is 0 Å². The Morgan fingerprint density at radius 3 is 2.53 bits per heavy atom. The van der Waals surface area contributed by atoms with E-state index in [1.807, 2.05) is 18.4 Å². The second kappa shape index (κ2) is 4.57. The number of aryl methyl sites for hydroxylation is 2. The van der Waals surface area contributed by atoms with E-state index in [-0.39, 0.29) is 5.03 Å². The summed E-state index contributed by atoms with van der Waals surface area (Å²) in [7, 11) is -3.42. The number of rotatable bonds is 3. The number of imidazole rings is 1. The number of hydrogen-bond acceptors (Lipinski definition) is 4. The number of hydrogen-bond donors (Lipinski definition) is 1. The second-order valence-corrected chi connectivity index (χ2v) is 7.30. The van der Waals surface area contributed by atoms with Crippen molar-refractivity contribution in [3.8, 4) is 0 Å². The zero-order valence-electron chi connectivity index (χ0n) is 11.3. The molecule has 3 rings (SSSR count). The van der Waals surface area contributed by atoms with Crippen LogP contribution in [-0.4, -0.2) is 48.5 Å². The predicted molar refractivity (Wildman–Crippen MR) is 71.2 cm³/mol. The summed E-state index contributed by atoms with van der Waals surface area (Å²) in [4.78, 5) is 4.21. The number of nitrogens with one attached hydrogen (secondary N) is 1. The fourth-order valence-corrected chi connectivity index (χ4v) is 4.61. The Labute approximate surface area is 113 Å². The van der Waals surface area contributed by atoms with Gasteiger partial charge in [0.1, 0.15) is 5.82 Å². The van der Waals surface area contributed by atoms with Gasteiger partial charge in [0.25, 0.3) is 10.0 Å². The Balaban J connectivity index is 1.86. The zero-order valence-corrected chi connectivity index (χ0v) is 12.2. The van der Waals surface area contributed by atoms with Gasteiger partial charge in [-0.3, -0.25) is 0 Å². The highest BCUT2D eigenvalue weighted by molar-refractivity contribution is 7.89. The normalized spacial score (nSPS) is 27.9. The van der Waals surface area contributed by atoms with Gasteiger partial charge in [0.15, 0.2) is 5.03 Å². The number of aromatic nitrogens is 2. The summed E-state index contributed by atoms with van der Waals surface area (Å²) in [6, 6.07) is 0. The number of nitrogens with zero attached hydrogens (tertiary/aromatic N) is 3. The second-order valence-electron chi connectivity index (χ2n) is 5.41. The van der Waals surface area contributed by atoms with E-state index in [2.05, 4.69) is 10.3 Å². The molecule has 2 atom stereocenters. The average Bonchev–Trinajstić information content (AvgIpc) is 3.00. The summed E-state index contributed by atoms with van der Waals surface area (Å²) in [5.41, 5.74) is 0. The van der Waals surface area contributed by atoms with Gasteiger partial charge in [-0.05, 0) is 38.8 Å². The molecule has 7 heteroatoms.